The molecule has 1 heteroatoms. The molecule has 2 aromatic carbocycles. The molecule has 1 nitrogen and oxygen atoms in total. The van der Waals surface area contributed by atoms with Crippen LogP contribution in [0.1, 0.15) is 88.5 Å². The summed E-state index contributed by atoms with van der Waals surface area (Å²) in [7, 11) is 0. The highest BCUT2D eigenvalue weighted by Crippen LogP contribution is 2.36. The van der Waals surface area contributed by atoms with E-state index in [9.17, 15) is 5.11 Å². The Hall–Kier alpha value is -1.76. The number of hydrogen-bond donors (Lipinski definition) is 1. The van der Waals surface area contributed by atoms with E-state index in [1.54, 1.807) is 0 Å². The fourth-order valence-corrected chi connectivity index (χ4v) is 3.44. The van der Waals surface area contributed by atoms with Crippen molar-refractivity contribution < 1.29 is 5.11 Å². The molecular formula is C24H34O. The first-order valence-corrected chi connectivity index (χ1v) is 9.87. The van der Waals surface area contributed by atoms with Crippen LogP contribution in [0.3, 0.4) is 0 Å². The Bertz CT molecular complexity index is 710. The largest absolute Gasteiger partial charge is 0.507 e. The van der Waals surface area contributed by atoms with Crippen molar-refractivity contribution in [1.82, 2.24) is 0 Å². The van der Waals surface area contributed by atoms with Crippen LogP contribution in [0.15, 0.2) is 30.3 Å². The zero-order chi connectivity index (χ0) is 18.6. The maximum atomic E-state index is 10.6. The summed E-state index contributed by atoms with van der Waals surface area (Å²) in [6.45, 7) is 13.2. The van der Waals surface area contributed by atoms with Crippen molar-refractivity contribution in [1.29, 1.82) is 0 Å². The Labute approximate surface area is 154 Å². The number of phenols is 1. The molecule has 0 bridgehead atoms. The van der Waals surface area contributed by atoms with Crippen molar-refractivity contribution in [3.63, 3.8) is 0 Å². The minimum atomic E-state index is 0.318. The smallest absolute Gasteiger partial charge is 0.122 e. The second kappa shape index (κ2) is 8.56. The molecule has 0 saturated carbocycles. The summed E-state index contributed by atoms with van der Waals surface area (Å²) in [5.41, 5.74) is 7.49. The third kappa shape index (κ3) is 4.66. The van der Waals surface area contributed by atoms with Crippen molar-refractivity contribution in [2.45, 2.75) is 79.1 Å². The summed E-state index contributed by atoms with van der Waals surface area (Å²) in [5, 5.41) is 10.6. The molecule has 0 spiro atoms. The molecule has 0 aliphatic carbocycles. The molecule has 25 heavy (non-hydrogen) atoms. The van der Waals surface area contributed by atoms with Gasteiger partial charge in [-0.1, -0.05) is 72.6 Å². The summed E-state index contributed by atoms with van der Waals surface area (Å²) in [5.74, 6) is 1.33. The van der Waals surface area contributed by atoms with E-state index in [1.165, 1.54) is 22.3 Å². The van der Waals surface area contributed by atoms with Gasteiger partial charge in [0.25, 0.3) is 0 Å². The van der Waals surface area contributed by atoms with E-state index in [1.807, 2.05) is 0 Å². The van der Waals surface area contributed by atoms with Gasteiger partial charge < -0.3 is 5.11 Å². The average molecular weight is 339 g/mol. The molecule has 0 aliphatic rings. The Kier molecular flexibility index (Phi) is 6.70. The summed E-state index contributed by atoms with van der Waals surface area (Å²) in [6, 6.07) is 11.4. The lowest BCUT2D eigenvalue weighted by atomic mass is 9.89. The lowest BCUT2D eigenvalue weighted by Gasteiger charge is -2.17. The number of hydrogen-bond acceptors (Lipinski definition) is 1. The van der Waals surface area contributed by atoms with E-state index in [2.05, 4.69) is 71.9 Å². The van der Waals surface area contributed by atoms with E-state index in [-0.39, 0.29) is 0 Å². The van der Waals surface area contributed by atoms with Crippen LogP contribution in [0, 0.1) is 0 Å². The summed E-state index contributed by atoms with van der Waals surface area (Å²) >= 11 is 0. The number of aromatic hydroxyl groups is 1. The van der Waals surface area contributed by atoms with Crippen LogP contribution in [0.2, 0.25) is 0 Å². The molecule has 0 aromatic heterocycles. The van der Waals surface area contributed by atoms with Gasteiger partial charge in [0.2, 0.25) is 0 Å². The maximum absolute atomic E-state index is 10.6. The quantitative estimate of drug-likeness (QED) is 0.565. The van der Waals surface area contributed by atoms with E-state index in [0.29, 0.717) is 17.6 Å². The minimum Gasteiger partial charge on any atom is -0.507 e. The van der Waals surface area contributed by atoms with Gasteiger partial charge >= 0.3 is 0 Å². The van der Waals surface area contributed by atoms with Crippen molar-refractivity contribution in [3.05, 3.63) is 52.6 Å². The van der Waals surface area contributed by atoms with Crippen LogP contribution in [-0.2, 0) is 12.8 Å². The first-order valence-electron chi connectivity index (χ1n) is 9.87. The van der Waals surface area contributed by atoms with Gasteiger partial charge in [0.15, 0.2) is 0 Å². The molecule has 136 valence electrons. The third-order valence-electron chi connectivity index (χ3n) is 4.91. The average Bonchev–Trinajstić information content (AvgIpc) is 2.56. The predicted molar refractivity (Wildman–Crippen MR) is 110 cm³/mol. The van der Waals surface area contributed by atoms with Gasteiger partial charge in [0, 0.05) is 0 Å². The Morgan fingerprint density at radius 3 is 1.96 bits per heavy atom. The highest BCUT2D eigenvalue weighted by atomic mass is 16.3. The molecule has 1 N–H and O–H groups in total. The molecule has 0 amide bonds. The molecule has 0 atom stereocenters. The third-order valence-corrected chi connectivity index (χ3v) is 4.91. The molecule has 2 rings (SSSR count). The molecule has 0 unspecified atom stereocenters. The van der Waals surface area contributed by atoms with Crippen molar-refractivity contribution in [3.8, 4) is 16.9 Å². The van der Waals surface area contributed by atoms with Crippen LogP contribution in [0.25, 0.3) is 11.1 Å². The normalized spacial score (nSPS) is 11.5. The fraction of sp³-hybridized carbons (Fsp3) is 0.500. The van der Waals surface area contributed by atoms with E-state index < -0.39 is 0 Å². The van der Waals surface area contributed by atoms with Gasteiger partial charge in [-0.2, -0.15) is 0 Å². The minimum absolute atomic E-state index is 0.318. The molecule has 0 radical (unpaired) electrons. The number of rotatable bonds is 7. The highest BCUT2D eigenvalue weighted by molar-refractivity contribution is 5.69. The Morgan fingerprint density at radius 1 is 0.760 bits per heavy atom. The molecule has 0 aliphatic heterocycles. The van der Waals surface area contributed by atoms with Gasteiger partial charge in [-0.25, -0.2) is 0 Å². The Balaban J connectivity index is 2.63. The van der Waals surface area contributed by atoms with Crippen LogP contribution < -0.4 is 0 Å². The summed E-state index contributed by atoms with van der Waals surface area (Å²) in [4.78, 5) is 0. The Morgan fingerprint density at radius 2 is 1.40 bits per heavy atom. The summed E-state index contributed by atoms with van der Waals surface area (Å²) in [6.07, 6.45) is 4.24. The van der Waals surface area contributed by atoms with Crippen molar-refractivity contribution >= 4 is 0 Å². The zero-order valence-corrected chi connectivity index (χ0v) is 16.8. The predicted octanol–water partition coefficient (Wildman–Crippen LogP) is 7.21. The van der Waals surface area contributed by atoms with E-state index in [4.69, 9.17) is 0 Å². The second-order valence-electron chi connectivity index (χ2n) is 7.85. The van der Waals surface area contributed by atoms with Crippen LogP contribution in [0.5, 0.6) is 5.75 Å². The molecular weight excluding hydrogens is 304 g/mol. The van der Waals surface area contributed by atoms with E-state index in [0.717, 1.165) is 36.8 Å². The second-order valence-corrected chi connectivity index (χ2v) is 7.85. The highest BCUT2D eigenvalue weighted by Gasteiger charge is 2.14. The van der Waals surface area contributed by atoms with Crippen LogP contribution in [-0.4, -0.2) is 5.11 Å². The van der Waals surface area contributed by atoms with Crippen molar-refractivity contribution in [2.75, 3.05) is 0 Å². The number of phenolic OH excluding ortho intramolecular Hbond substituents is 1. The first-order chi connectivity index (χ1) is 11.9. The molecule has 0 heterocycles. The van der Waals surface area contributed by atoms with Crippen LogP contribution in [0.4, 0.5) is 0 Å². The van der Waals surface area contributed by atoms with Gasteiger partial charge in [-0.05, 0) is 70.2 Å². The van der Waals surface area contributed by atoms with Crippen molar-refractivity contribution in [2.24, 2.45) is 0 Å². The van der Waals surface area contributed by atoms with E-state index >= 15 is 0 Å². The van der Waals surface area contributed by atoms with Gasteiger partial charge in [-0.3, -0.25) is 0 Å². The van der Waals surface area contributed by atoms with Gasteiger partial charge in [0.1, 0.15) is 5.75 Å². The lowest BCUT2D eigenvalue weighted by Crippen LogP contribution is -1.97. The van der Waals surface area contributed by atoms with Gasteiger partial charge in [-0.15, -0.1) is 0 Å². The lowest BCUT2D eigenvalue weighted by molar-refractivity contribution is 0.457. The van der Waals surface area contributed by atoms with Crippen LogP contribution >= 0.6 is 0 Å². The maximum Gasteiger partial charge on any atom is 0.122 e. The zero-order valence-electron chi connectivity index (χ0n) is 16.8. The van der Waals surface area contributed by atoms with Gasteiger partial charge in [0.05, 0.1) is 0 Å². The topological polar surface area (TPSA) is 20.2 Å². The molecule has 0 fully saturated rings. The molecule has 2 aromatic rings. The number of benzene rings is 2. The summed E-state index contributed by atoms with van der Waals surface area (Å²) < 4.78 is 0. The first kappa shape index (κ1) is 19.6. The monoisotopic (exact) mass is 338 g/mol. The number of aryl methyl sites for hydroxylation is 2. The standard InChI is InChI=1S/C24H34O/c1-7-9-18-11-20(16(3)4)14-21(12-18)22-13-19(10-8-2)24(25)23(15-22)17(5)6/h11-17,25H,7-10H2,1-6H3. The fourth-order valence-electron chi connectivity index (χ4n) is 3.44. The SMILES string of the molecule is CCCc1cc(-c2cc(CCC)c(O)c(C(C)C)c2)cc(C(C)C)c1. The molecule has 0 saturated heterocycles.